The van der Waals surface area contributed by atoms with E-state index in [1.54, 1.807) is 0 Å². The third-order valence-electron chi connectivity index (χ3n) is 4.45. The Labute approximate surface area is 145 Å². The molecule has 7 nitrogen and oxygen atoms in total. The summed E-state index contributed by atoms with van der Waals surface area (Å²) in [5, 5.41) is 6.27. The fourth-order valence-electron chi connectivity index (χ4n) is 3.16. The van der Waals surface area contributed by atoms with Crippen molar-refractivity contribution in [2.75, 3.05) is 11.9 Å². The maximum Gasteiger partial charge on any atom is 0.278 e. The lowest BCUT2D eigenvalue weighted by Gasteiger charge is -2.08. The number of oxazole rings is 1. The molecule has 25 heavy (non-hydrogen) atoms. The molecule has 130 valence electrons. The molecule has 0 radical (unpaired) electrons. The molecule has 3 aromatic heterocycles. The SMILES string of the molecule is CC(C)c1nc2ccccn2c1NC(=O)c1coc([C@@H]2CCCN2)n1. The van der Waals surface area contributed by atoms with Gasteiger partial charge in [-0.2, -0.15) is 0 Å². The van der Waals surface area contributed by atoms with Crippen LogP contribution in [0.4, 0.5) is 5.82 Å². The van der Waals surface area contributed by atoms with Gasteiger partial charge in [0, 0.05) is 6.20 Å². The maximum absolute atomic E-state index is 12.7. The summed E-state index contributed by atoms with van der Waals surface area (Å²) in [5.41, 5.74) is 1.93. The molecule has 1 aliphatic rings. The molecule has 0 saturated carbocycles. The molecule has 1 atom stereocenters. The predicted octanol–water partition coefficient (Wildman–Crippen LogP) is 3.12. The standard InChI is InChI=1S/C18H21N5O2/c1-11(2)15-16(23-9-4-3-7-14(23)21-15)22-17(24)13-10-25-18(20-13)12-6-5-8-19-12/h3-4,7,9-12,19H,5-6,8H2,1-2H3,(H,22,24)/t12-/m0/s1. The van der Waals surface area contributed by atoms with E-state index in [2.05, 4.69) is 34.4 Å². The first-order valence-electron chi connectivity index (χ1n) is 8.60. The second-order valence-electron chi connectivity index (χ2n) is 6.60. The lowest BCUT2D eigenvalue weighted by molar-refractivity contribution is 0.102. The lowest BCUT2D eigenvalue weighted by Crippen LogP contribution is -2.17. The molecule has 0 unspecified atom stereocenters. The Bertz CT molecular complexity index is 905. The number of amides is 1. The van der Waals surface area contributed by atoms with Gasteiger partial charge in [-0.05, 0) is 37.4 Å². The number of pyridine rings is 1. The summed E-state index contributed by atoms with van der Waals surface area (Å²) in [7, 11) is 0. The average Bonchev–Trinajstić information content (AvgIpc) is 3.34. The van der Waals surface area contributed by atoms with Crippen LogP contribution in [-0.2, 0) is 0 Å². The van der Waals surface area contributed by atoms with Crippen molar-refractivity contribution in [3.05, 3.63) is 47.9 Å². The summed E-state index contributed by atoms with van der Waals surface area (Å²) in [6, 6.07) is 5.86. The molecule has 0 bridgehead atoms. The summed E-state index contributed by atoms with van der Waals surface area (Å²) >= 11 is 0. The van der Waals surface area contributed by atoms with Crippen molar-refractivity contribution in [1.29, 1.82) is 0 Å². The van der Waals surface area contributed by atoms with Crippen LogP contribution in [0.15, 0.2) is 35.1 Å². The summed E-state index contributed by atoms with van der Waals surface area (Å²) in [6.45, 7) is 5.06. The third kappa shape index (κ3) is 2.91. The van der Waals surface area contributed by atoms with Gasteiger partial charge in [-0.3, -0.25) is 9.20 Å². The molecule has 3 aromatic rings. The predicted molar refractivity (Wildman–Crippen MR) is 93.7 cm³/mol. The Morgan fingerprint density at radius 1 is 1.40 bits per heavy atom. The highest BCUT2D eigenvalue weighted by Gasteiger charge is 2.24. The van der Waals surface area contributed by atoms with Crippen molar-refractivity contribution < 1.29 is 9.21 Å². The Morgan fingerprint density at radius 3 is 3.04 bits per heavy atom. The maximum atomic E-state index is 12.7. The van der Waals surface area contributed by atoms with Gasteiger partial charge in [-0.15, -0.1) is 0 Å². The molecule has 7 heteroatoms. The number of hydrogen-bond donors (Lipinski definition) is 2. The molecule has 0 aromatic carbocycles. The van der Waals surface area contributed by atoms with Crippen LogP contribution in [0.25, 0.3) is 5.65 Å². The number of hydrogen-bond acceptors (Lipinski definition) is 5. The van der Waals surface area contributed by atoms with Crippen LogP contribution in [0.2, 0.25) is 0 Å². The van der Waals surface area contributed by atoms with E-state index in [4.69, 9.17) is 4.42 Å². The van der Waals surface area contributed by atoms with Crippen molar-refractivity contribution in [3.63, 3.8) is 0 Å². The Kier molecular flexibility index (Phi) is 4.01. The number of imidazole rings is 1. The molecule has 1 aliphatic heterocycles. The van der Waals surface area contributed by atoms with E-state index < -0.39 is 0 Å². The van der Waals surface area contributed by atoms with Gasteiger partial charge < -0.3 is 15.1 Å². The smallest absolute Gasteiger partial charge is 0.278 e. The van der Waals surface area contributed by atoms with Crippen LogP contribution in [0, 0.1) is 0 Å². The molecule has 0 spiro atoms. The monoisotopic (exact) mass is 339 g/mol. The minimum absolute atomic E-state index is 0.101. The topological polar surface area (TPSA) is 84.5 Å². The van der Waals surface area contributed by atoms with Crippen molar-refractivity contribution in [1.82, 2.24) is 19.7 Å². The minimum atomic E-state index is -0.291. The van der Waals surface area contributed by atoms with E-state index in [-0.39, 0.29) is 23.6 Å². The molecular weight excluding hydrogens is 318 g/mol. The number of aromatic nitrogens is 3. The van der Waals surface area contributed by atoms with Crippen molar-refractivity contribution in [2.24, 2.45) is 0 Å². The van der Waals surface area contributed by atoms with Crippen LogP contribution in [0.3, 0.4) is 0 Å². The molecule has 4 heterocycles. The summed E-state index contributed by atoms with van der Waals surface area (Å²) < 4.78 is 7.38. The summed E-state index contributed by atoms with van der Waals surface area (Å²) in [6.07, 6.45) is 5.38. The lowest BCUT2D eigenvalue weighted by atomic mass is 10.1. The Hall–Kier alpha value is -2.67. The summed E-state index contributed by atoms with van der Waals surface area (Å²) in [5.74, 6) is 1.15. The quantitative estimate of drug-likeness (QED) is 0.763. The fourth-order valence-corrected chi connectivity index (χ4v) is 3.16. The van der Waals surface area contributed by atoms with E-state index in [0.717, 1.165) is 30.7 Å². The number of carbonyl (C=O) groups is 1. The first kappa shape index (κ1) is 15.8. The Balaban J connectivity index is 1.62. The van der Waals surface area contributed by atoms with E-state index in [9.17, 15) is 4.79 Å². The van der Waals surface area contributed by atoms with Crippen LogP contribution < -0.4 is 10.6 Å². The first-order valence-corrected chi connectivity index (χ1v) is 8.60. The second kappa shape index (κ2) is 6.33. The van der Waals surface area contributed by atoms with Gasteiger partial charge >= 0.3 is 0 Å². The number of nitrogens with one attached hydrogen (secondary N) is 2. The number of anilines is 1. The highest BCUT2D eigenvalue weighted by molar-refractivity contribution is 6.02. The van der Waals surface area contributed by atoms with E-state index >= 15 is 0 Å². The highest BCUT2D eigenvalue weighted by atomic mass is 16.3. The largest absolute Gasteiger partial charge is 0.446 e. The van der Waals surface area contributed by atoms with Crippen LogP contribution in [-0.4, -0.2) is 26.8 Å². The third-order valence-corrected chi connectivity index (χ3v) is 4.45. The average molecular weight is 339 g/mol. The van der Waals surface area contributed by atoms with E-state index in [1.807, 2.05) is 28.8 Å². The number of rotatable bonds is 4. The van der Waals surface area contributed by atoms with Crippen molar-refractivity contribution in [3.8, 4) is 0 Å². The van der Waals surface area contributed by atoms with Crippen LogP contribution >= 0.6 is 0 Å². The van der Waals surface area contributed by atoms with Gasteiger partial charge in [0.15, 0.2) is 5.69 Å². The zero-order chi connectivity index (χ0) is 17.4. The molecular formula is C18H21N5O2. The van der Waals surface area contributed by atoms with Gasteiger partial charge in [-0.25, -0.2) is 9.97 Å². The van der Waals surface area contributed by atoms with Crippen molar-refractivity contribution in [2.45, 2.75) is 38.6 Å². The molecule has 4 rings (SSSR count). The molecule has 0 aliphatic carbocycles. The van der Waals surface area contributed by atoms with Gasteiger partial charge in [0.2, 0.25) is 5.89 Å². The highest BCUT2D eigenvalue weighted by Crippen LogP contribution is 2.26. The Morgan fingerprint density at radius 2 is 2.28 bits per heavy atom. The van der Waals surface area contributed by atoms with E-state index in [0.29, 0.717) is 11.7 Å². The summed E-state index contributed by atoms with van der Waals surface area (Å²) in [4.78, 5) is 21.6. The van der Waals surface area contributed by atoms with Gasteiger partial charge in [-0.1, -0.05) is 19.9 Å². The van der Waals surface area contributed by atoms with Crippen molar-refractivity contribution >= 4 is 17.4 Å². The number of carbonyl (C=O) groups excluding carboxylic acids is 1. The normalized spacial score (nSPS) is 17.5. The first-order chi connectivity index (χ1) is 12.1. The zero-order valence-corrected chi connectivity index (χ0v) is 14.3. The molecule has 2 N–H and O–H groups in total. The van der Waals surface area contributed by atoms with E-state index in [1.165, 1.54) is 6.26 Å². The molecule has 1 fully saturated rings. The minimum Gasteiger partial charge on any atom is -0.446 e. The van der Waals surface area contributed by atoms with Crippen LogP contribution in [0.5, 0.6) is 0 Å². The number of nitrogens with zero attached hydrogens (tertiary/aromatic N) is 3. The number of fused-ring (bicyclic) bond motifs is 1. The van der Waals surface area contributed by atoms with Crippen LogP contribution in [0.1, 0.15) is 60.7 Å². The molecule has 1 amide bonds. The fraction of sp³-hybridized carbons (Fsp3) is 0.389. The van der Waals surface area contributed by atoms with Gasteiger partial charge in [0.25, 0.3) is 5.91 Å². The second-order valence-corrected chi connectivity index (χ2v) is 6.60. The van der Waals surface area contributed by atoms with Gasteiger partial charge in [0.05, 0.1) is 11.7 Å². The molecule has 1 saturated heterocycles. The van der Waals surface area contributed by atoms with Gasteiger partial charge in [0.1, 0.15) is 17.7 Å². The zero-order valence-electron chi connectivity index (χ0n) is 14.3.